The molecule has 0 aromatic carbocycles. The molecule has 1 atom stereocenters. The number of rotatable bonds is 6. The highest BCUT2D eigenvalue weighted by Crippen LogP contribution is 2.12. The second kappa shape index (κ2) is 6.24. The van der Waals surface area contributed by atoms with Crippen LogP contribution in [0.2, 0.25) is 0 Å². The summed E-state index contributed by atoms with van der Waals surface area (Å²) in [6.45, 7) is 2.96. The molecule has 0 saturated carbocycles. The van der Waals surface area contributed by atoms with Gasteiger partial charge in [-0.2, -0.15) is 0 Å². The lowest BCUT2D eigenvalue weighted by Crippen LogP contribution is -2.41. The summed E-state index contributed by atoms with van der Waals surface area (Å²) in [4.78, 5) is 21.6. The van der Waals surface area contributed by atoms with Crippen LogP contribution in [-0.4, -0.2) is 39.0 Å². The third kappa shape index (κ3) is 4.85. The van der Waals surface area contributed by atoms with E-state index in [0.29, 0.717) is 17.5 Å². The van der Waals surface area contributed by atoms with Crippen molar-refractivity contribution in [2.75, 3.05) is 5.75 Å². The van der Waals surface area contributed by atoms with Crippen molar-refractivity contribution in [3.8, 4) is 0 Å². The molecular formula is C9H13N3O4S. The van der Waals surface area contributed by atoms with Crippen molar-refractivity contribution in [2.45, 2.75) is 25.6 Å². The van der Waals surface area contributed by atoms with Crippen LogP contribution in [0, 0.1) is 6.92 Å². The molecule has 0 spiro atoms. The maximum absolute atomic E-state index is 10.8. The molecule has 17 heavy (non-hydrogen) atoms. The number of aryl methyl sites for hydroxylation is 1. The molecule has 0 aliphatic carbocycles. The van der Waals surface area contributed by atoms with E-state index in [2.05, 4.69) is 15.5 Å². The second-order valence-electron chi connectivity index (χ2n) is 3.32. The first kappa shape index (κ1) is 13.5. The van der Waals surface area contributed by atoms with Crippen LogP contribution in [0.5, 0.6) is 0 Å². The van der Waals surface area contributed by atoms with Gasteiger partial charge >= 0.3 is 5.97 Å². The minimum Gasteiger partial charge on any atom is -0.480 e. The van der Waals surface area contributed by atoms with E-state index in [1.54, 1.807) is 6.92 Å². The van der Waals surface area contributed by atoms with E-state index in [1.807, 2.05) is 0 Å². The van der Waals surface area contributed by atoms with Crippen LogP contribution in [-0.2, 0) is 15.3 Å². The molecule has 1 aromatic heterocycles. The van der Waals surface area contributed by atoms with Gasteiger partial charge in [-0.1, -0.05) is 0 Å². The van der Waals surface area contributed by atoms with Crippen LogP contribution in [0.25, 0.3) is 0 Å². The highest BCUT2D eigenvalue weighted by molar-refractivity contribution is 7.98. The lowest BCUT2D eigenvalue weighted by Gasteiger charge is -2.11. The minimum absolute atomic E-state index is 0.246. The van der Waals surface area contributed by atoms with Crippen LogP contribution < -0.4 is 5.32 Å². The molecule has 1 aromatic rings. The Labute approximate surface area is 102 Å². The Morgan fingerprint density at radius 2 is 2.24 bits per heavy atom. The number of carboxylic acids is 1. The average Bonchev–Trinajstić information content (AvgIpc) is 2.62. The molecule has 2 N–H and O–H groups in total. The van der Waals surface area contributed by atoms with Gasteiger partial charge in [-0.3, -0.25) is 4.79 Å². The summed E-state index contributed by atoms with van der Waals surface area (Å²) >= 11 is 1.31. The van der Waals surface area contributed by atoms with E-state index in [4.69, 9.17) is 9.52 Å². The number of carboxylic acid groups (broad SMARTS) is 1. The van der Waals surface area contributed by atoms with Crippen LogP contribution in [0.1, 0.15) is 18.7 Å². The molecule has 0 radical (unpaired) electrons. The van der Waals surface area contributed by atoms with E-state index in [9.17, 15) is 9.59 Å². The fraction of sp³-hybridized carbons (Fsp3) is 0.556. The van der Waals surface area contributed by atoms with Gasteiger partial charge in [-0.25, -0.2) is 4.79 Å². The zero-order valence-corrected chi connectivity index (χ0v) is 10.3. The first-order valence-electron chi connectivity index (χ1n) is 4.85. The number of thioether (sulfide) groups is 1. The third-order valence-electron chi connectivity index (χ3n) is 1.75. The van der Waals surface area contributed by atoms with Crippen LogP contribution >= 0.6 is 11.8 Å². The summed E-state index contributed by atoms with van der Waals surface area (Å²) in [6.07, 6.45) is 0. The second-order valence-corrected chi connectivity index (χ2v) is 4.35. The molecule has 0 aliphatic rings. The first-order chi connectivity index (χ1) is 7.99. The van der Waals surface area contributed by atoms with Gasteiger partial charge in [0.1, 0.15) is 6.04 Å². The molecule has 0 fully saturated rings. The van der Waals surface area contributed by atoms with E-state index >= 15 is 0 Å². The summed E-state index contributed by atoms with van der Waals surface area (Å²) in [7, 11) is 0. The van der Waals surface area contributed by atoms with Crippen LogP contribution in [0.15, 0.2) is 4.42 Å². The number of hydrogen-bond donors (Lipinski definition) is 2. The Bertz CT molecular complexity index is 407. The Morgan fingerprint density at radius 1 is 1.53 bits per heavy atom. The number of hydrogen-bond acceptors (Lipinski definition) is 6. The maximum atomic E-state index is 10.8. The van der Waals surface area contributed by atoms with Gasteiger partial charge in [-0.05, 0) is 0 Å². The molecular weight excluding hydrogens is 246 g/mol. The molecule has 1 amide bonds. The number of nitrogens with one attached hydrogen (secondary N) is 1. The molecule has 94 valence electrons. The molecule has 1 rings (SSSR count). The van der Waals surface area contributed by atoms with Crippen molar-refractivity contribution in [1.29, 1.82) is 0 Å². The van der Waals surface area contributed by atoms with Crippen LogP contribution in [0.3, 0.4) is 0 Å². The normalized spacial score (nSPS) is 12.1. The van der Waals surface area contributed by atoms with Crippen molar-refractivity contribution in [3.05, 3.63) is 11.8 Å². The van der Waals surface area contributed by atoms with Crippen molar-refractivity contribution < 1.29 is 19.1 Å². The van der Waals surface area contributed by atoms with E-state index in [0.717, 1.165) is 0 Å². The Morgan fingerprint density at radius 3 is 2.71 bits per heavy atom. The van der Waals surface area contributed by atoms with E-state index in [1.165, 1.54) is 18.7 Å². The summed E-state index contributed by atoms with van der Waals surface area (Å²) in [6, 6.07) is -0.901. The zero-order valence-electron chi connectivity index (χ0n) is 9.47. The van der Waals surface area contributed by atoms with Crippen molar-refractivity contribution in [3.63, 3.8) is 0 Å². The number of amides is 1. The lowest BCUT2D eigenvalue weighted by atomic mass is 10.3. The fourth-order valence-electron chi connectivity index (χ4n) is 1.08. The van der Waals surface area contributed by atoms with E-state index in [-0.39, 0.29) is 11.7 Å². The summed E-state index contributed by atoms with van der Waals surface area (Å²) in [5.41, 5.74) is 0. The predicted octanol–water partition coefficient (Wildman–Crippen LogP) is 0.201. The zero-order chi connectivity index (χ0) is 12.8. The predicted molar refractivity (Wildman–Crippen MR) is 60.4 cm³/mol. The number of carbonyl (C=O) groups is 2. The van der Waals surface area contributed by atoms with Gasteiger partial charge < -0.3 is 14.8 Å². The molecule has 0 saturated heterocycles. The summed E-state index contributed by atoms with van der Waals surface area (Å²) in [5.74, 6) is 0.151. The third-order valence-corrected chi connectivity index (χ3v) is 2.77. The molecule has 1 heterocycles. The Hall–Kier alpha value is -1.57. The maximum Gasteiger partial charge on any atom is 0.327 e. The Kier molecular flexibility index (Phi) is 4.95. The standard InChI is InChI=1S/C9H13N3O4S/c1-5(13)10-7(9(14)15)3-17-4-8-12-11-6(2)16-8/h7H,3-4H2,1-2H3,(H,10,13)(H,14,15)/t7-/m0/s1. The highest BCUT2D eigenvalue weighted by Gasteiger charge is 2.18. The smallest absolute Gasteiger partial charge is 0.327 e. The number of nitrogens with zero attached hydrogens (tertiary/aromatic N) is 2. The van der Waals surface area contributed by atoms with E-state index < -0.39 is 12.0 Å². The van der Waals surface area contributed by atoms with Gasteiger partial charge in [-0.15, -0.1) is 22.0 Å². The largest absolute Gasteiger partial charge is 0.480 e. The molecule has 0 unspecified atom stereocenters. The van der Waals surface area contributed by atoms with Crippen molar-refractivity contribution >= 4 is 23.6 Å². The molecule has 8 heteroatoms. The fourth-order valence-corrected chi connectivity index (χ4v) is 1.95. The molecule has 0 bridgehead atoms. The first-order valence-corrected chi connectivity index (χ1v) is 6.01. The van der Waals surface area contributed by atoms with Gasteiger partial charge in [0, 0.05) is 19.6 Å². The number of aromatic nitrogens is 2. The summed E-state index contributed by atoms with van der Waals surface area (Å²) < 4.78 is 5.13. The molecule has 0 aliphatic heterocycles. The van der Waals surface area contributed by atoms with Gasteiger partial charge in [0.05, 0.1) is 5.75 Å². The summed E-state index contributed by atoms with van der Waals surface area (Å²) in [5, 5.41) is 18.6. The SMILES string of the molecule is CC(=O)N[C@@H](CSCc1nnc(C)o1)C(=O)O. The number of carbonyl (C=O) groups excluding carboxylic acids is 1. The molecule has 7 nitrogen and oxygen atoms in total. The van der Waals surface area contributed by atoms with Crippen molar-refractivity contribution in [1.82, 2.24) is 15.5 Å². The highest BCUT2D eigenvalue weighted by atomic mass is 32.2. The van der Waals surface area contributed by atoms with Gasteiger partial charge in [0.2, 0.25) is 17.7 Å². The number of aliphatic carboxylic acids is 1. The quantitative estimate of drug-likeness (QED) is 0.751. The minimum atomic E-state index is -1.06. The van der Waals surface area contributed by atoms with Crippen molar-refractivity contribution in [2.24, 2.45) is 0 Å². The van der Waals surface area contributed by atoms with Crippen LogP contribution in [0.4, 0.5) is 0 Å². The van der Waals surface area contributed by atoms with Gasteiger partial charge in [0.25, 0.3) is 0 Å². The monoisotopic (exact) mass is 259 g/mol. The van der Waals surface area contributed by atoms with Gasteiger partial charge in [0.15, 0.2) is 0 Å². The lowest BCUT2D eigenvalue weighted by molar-refractivity contribution is -0.140. The Balaban J connectivity index is 2.37. The average molecular weight is 259 g/mol. The topological polar surface area (TPSA) is 105 Å².